The molecule has 0 saturated carbocycles. The lowest BCUT2D eigenvalue weighted by Gasteiger charge is -2.17. The van der Waals surface area contributed by atoms with Gasteiger partial charge in [0.25, 0.3) is 0 Å². The molecule has 0 aromatic heterocycles. The van der Waals surface area contributed by atoms with Gasteiger partial charge in [0.05, 0.1) is 5.60 Å². The normalized spacial score (nSPS) is 11.4. The summed E-state index contributed by atoms with van der Waals surface area (Å²) in [6.07, 6.45) is 0. The van der Waals surface area contributed by atoms with Crippen LogP contribution < -0.4 is 4.74 Å². The molecule has 0 fully saturated rings. The molecule has 2 nitrogen and oxygen atoms in total. The van der Waals surface area contributed by atoms with Gasteiger partial charge in [-0.1, -0.05) is 6.07 Å². The van der Waals surface area contributed by atoms with Gasteiger partial charge in [-0.3, -0.25) is 0 Å². The van der Waals surface area contributed by atoms with Gasteiger partial charge in [-0.25, -0.2) is 4.39 Å². The number of halogens is 1. The molecule has 0 unspecified atom stereocenters. The molecule has 0 heterocycles. The average molecular weight is 184 g/mol. The highest BCUT2D eigenvalue weighted by molar-refractivity contribution is 5.22. The zero-order valence-electron chi connectivity index (χ0n) is 7.75. The summed E-state index contributed by atoms with van der Waals surface area (Å²) in [5.41, 5.74) is -0.897. The molecule has 0 amide bonds. The third-order valence-electron chi connectivity index (χ3n) is 1.39. The average Bonchev–Trinajstić information content (AvgIpc) is 2.00. The standard InChI is InChI=1S/C10H13FO2/c1-10(2,12)7-13-9-5-3-4-8(11)6-9/h3-6,12H,7H2,1-2H3. The molecule has 1 aromatic carbocycles. The number of aliphatic hydroxyl groups is 1. The maximum absolute atomic E-state index is 12.6. The maximum Gasteiger partial charge on any atom is 0.126 e. The van der Waals surface area contributed by atoms with Crippen LogP contribution >= 0.6 is 0 Å². The van der Waals surface area contributed by atoms with Crippen LogP contribution in [0, 0.1) is 5.82 Å². The summed E-state index contributed by atoms with van der Waals surface area (Å²) in [5, 5.41) is 9.33. The van der Waals surface area contributed by atoms with Crippen LogP contribution in [0.5, 0.6) is 5.75 Å². The number of rotatable bonds is 3. The smallest absolute Gasteiger partial charge is 0.126 e. The SMILES string of the molecule is CC(C)(O)COc1cccc(F)c1. The molecule has 0 aliphatic carbocycles. The summed E-state index contributed by atoms with van der Waals surface area (Å²) in [6, 6.07) is 5.84. The highest BCUT2D eigenvalue weighted by Gasteiger charge is 2.13. The van der Waals surface area contributed by atoms with E-state index in [0.717, 1.165) is 0 Å². The first kappa shape index (κ1) is 9.99. The predicted octanol–water partition coefficient (Wildman–Crippen LogP) is 1.98. The Bertz CT molecular complexity index is 278. The third kappa shape index (κ3) is 3.90. The monoisotopic (exact) mass is 184 g/mol. The highest BCUT2D eigenvalue weighted by Crippen LogP contribution is 2.13. The largest absolute Gasteiger partial charge is 0.491 e. The van der Waals surface area contributed by atoms with Crippen molar-refractivity contribution in [2.24, 2.45) is 0 Å². The van der Waals surface area contributed by atoms with Crippen molar-refractivity contribution in [3.8, 4) is 5.75 Å². The van der Waals surface area contributed by atoms with Crippen molar-refractivity contribution < 1.29 is 14.2 Å². The van der Waals surface area contributed by atoms with Crippen molar-refractivity contribution >= 4 is 0 Å². The Labute approximate surface area is 77.0 Å². The second-order valence-electron chi connectivity index (χ2n) is 3.56. The van der Waals surface area contributed by atoms with E-state index in [2.05, 4.69) is 0 Å². The molecule has 72 valence electrons. The molecule has 1 N–H and O–H groups in total. The van der Waals surface area contributed by atoms with Crippen molar-refractivity contribution in [2.75, 3.05) is 6.61 Å². The van der Waals surface area contributed by atoms with Crippen LogP contribution in [0.15, 0.2) is 24.3 Å². The summed E-state index contributed by atoms with van der Waals surface area (Å²) in [5.74, 6) is 0.0929. The Morgan fingerprint density at radius 2 is 2.15 bits per heavy atom. The third-order valence-corrected chi connectivity index (χ3v) is 1.39. The van der Waals surface area contributed by atoms with Gasteiger partial charge in [0, 0.05) is 6.07 Å². The van der Waals surface area contributed by atoms with E-state index < -0.39 is 5.60 Å². The minimum Gasteiger partial charge on any atom is -0.491 e. The molecule has 0 aliphatic heterocycles. The Balaban J connectivity index is 2.55. The van der Waals surface area contributed by atoms with Crippen LogP contribution in [0.25, 0.3) is 0 Å². The van der Waals surface area contributed by atoms with E-state index >= 15 is 0 Å². The van der Waals surface area contributed by atoms with Crippen LogP contribution in [0.3, 0.4) is 0 Å². The Morgan fingerprint density at radius 3 is 2.69 bits per heavy atom. The molecule has 0 spiro atoms. The summed E-state index contributed by atoms with van der Waals surface area (Å²) < 4.78 is 17.8. The maximum atomic E-state index is 12.6. The van der Waals surface area contributed by atoms with Gasteiger partial charge in [-0.05, 0) is 26.0 Å². The fourth-order valence-corrected chi connectivity index (χ4v) is 0.817. The molecule has 0 atom stereocenters. The minimum absolute atomic E-state index is 0.149. The van der Waals surface area contributed by atoms with Gasteiger partial charge in [0.2, 0.25) is 0 Å². The number of benzene rings is 1. The van der Waals surface area contributed by atoms with E-state index in [1.807, 2.05) is 0 Å². The summed E-state index contributed by atoms with van der Waals surface area (Å²) in [6.45, 7) is 3.41. The van der Waals surface area contributed by atoms with Crippen LogP contribution in [0.2, 0.25) is 0 Å². The first-order valence-corrected chi connectivity index (χ1v) is 4.08. The van der Waals surface area contributed by atoms with Gasteiger partial charge in [-0.15, -0.1) is 0 Å². The van der Waals surface area contributed by atoms with Gasteiger partial charge < -0.3 is 9.84 Å². The van der Waals surface area contributed by atoms with Gasteiger partial charge in [0.15, 0.2) is 0 Å². The van der Waals surface area contributed by atoms with E-state index in [9.17, 15) is 9.50 Å². The molecular weight excluding hydrogens is 171 g/mol. The lowest BCUT2D eigenvalue weighted by molar-refractivity contribution is 0.0284. The van der Waals surface area contributed by atoms with E-state index in [1.54, 1.807) is 26.0 Å². The second kappa shape index (κ2) is 3.75. The Hall–Kier alpha value is -1.09. The molecule has 0 aliphatic rings. The van der Waals surface area contributed by atoms with Crippen molar-refractivity contribution in [1.29, 1.82) is 0 Å². The molecule has 1 aromatic rings. The lowest BCUT2D eigenvalue weighted by Crippen LogP contribution is -2.27. The minimum atomic E-state index is -0.897. The van der Waals surface area contributed by atoms with Gasteiger partial charge in [0.1, 0.15) is 18.2 Å². The fraction of sp³-hybridized carbons (Fsp3) is 0.400. The van der Waals surface area contributed by atoms with Crippen LogP contribution in [0.4, 0.5) is 4.39 Å². The zero-order chi connectivity index (χ0) is 9.90. The number of hydrogen-bond donors (Lipinski definition) is 1. The van der Waals surface area contributed by atoms with Crippen LogP contribution in [-0.2, 0) is 0 Å². The number of hydrogen-bond acceptors (Lipinski definition) is 2. The zero-order valence-corrected chi connectivity index (χ0v) is 7.75. The van der Waals surface area contributed by atoms with Crippen molar-refractivity contribution in [2.45, 2.75) is 19.4 Å². The predicted molar refractivity (Wildman–Crippen MR) is 48.2 cm³/mol. The highest BCUT2D eigenvalue weighted by atomic mass is 19.1. The first-order valence-electron chi connectivity index (χ1n) is 4.08. The topological polar surface area (TPSA) is 29.5 Å². The second-order valence-corrected chi connectivity index (χ2v) is 3.56. The van der Waals surface area contributed by atoms with E-state index in [-0.39, 0.29) is 12.4 Å². The van der Waals surface area contributed by atoms with Crippen LogP contribution in [0.1, 0.15) is 13.8 Å². The Morgan fingerprint density at radius 1 is 1.46 bits per heavy atom. The lowest BCUT2D eigenvalue weighted by atomic mass is 10.2. The molecule has 0 saturated heterocycles. The first-order chi connectivity index (χ1) is 5.97. The van der Waals surface area contributed by atoms with E-state index in [1.165, 1.54) is 12.1 Å². The van der Waals surface area contributed by atoms with E-state index in [0.29, 0.717) is 5.75 Å². The van der Waals surface area contributed by atoms with Crippen molar-refractivity contribution in [1.82, 2.24) is 0 Å². The number of ether oxygens (including phenoxy) is 1. The van der Waals surface area contributed by atoms with Crippen molar-refractivity contribution in [3.63, 3.8) is 0 Å². The van der Waals surface area contributed by atoms with E-state index in [4.69, 9.17) is 4.74 Å². The van der Waals surface area contributed by atoms with Crippen LogP contribution in [-0.4, -0.2) is 17.3 Å². The molecule has 0 bridgehead atoms. The molecule has 13 heavy (non-hydrogen) atoms. The van der Waals surface area contributed by atoms with Gasteiger partial charge in [-0.2, -0.15) is 0 Å². The molecule has 0 radical (unpaired) electrons. The van der Waals surface area contributed by atoms with Gasteiger partial charge >= 0.3 is 0 Å². The quantitative estimate of drug-likeness (QED) is 0.778. The molecular formula is C10H13FO2. The Kier molecular flexibility index (Phi) is 2.88. The summed E-state index contributed by atoms with van der Waals surface area (Å²) in [4.78, 5) is 0. The summed E-state index contributed by atoms with van der Waals surface area (Å²) in [7, 11) is 0. The summed E-state index contributed by atoms with van der Waals surface area (Å²) >= 11 is 0. The molecule has 3 heteroatoms. The fourth-order valence-electron chi connectivity index (χ4n) is 0.817. The molecule has 1 rings (SSSR count). The van der Waals surface area contributed by atoms with Crippen molar-refractivity contribution in [3.05, 3.63) is 30.1 Å².